The quantitative estimate of drug-likeness (QED) is 0.638. The van der Waals surface area contributed by atoms with Crippen LogP contribution in [0.4, 0.5) is 0 Å². The molecule has 4 rings (SSSR count). The Labute approximate surface area is 154 Å². The van der Waals surface area contributed by atoms with Crippen molar-refractivity contribution >= 4 is 22.3 Å². The summed E-state index contributed by atoms with van der Waals surface area (Å²) in [6, 6.07) is 12.9. The third-order valence-electron chi connectivity index (χ3n) is 5.19. The predicted octanol–water partition coefficient (Wildman–Crippen LogP) is 4.84. The fourth-order valence-corrected chi connectivity index (χ4v) is 3.96. The number of fused-ring (bicyclic) bond motifs is 3. The van der Waals surface area contributed by atoms with Gasteiger partial charge < -0.3 is 0 Å². The fraction of sp³-hybridized carbons (Fsp3) is 0.174. The molecule has 128 valence electrons. The van der Waals surface area contributed by atoms with Crippen LogP contribution in [0.3, 0.4) is 0 Å². The number of aryl methyl sites for hydroxylation is 1. The van der Waals surface area contributed by atoms with E-state index >= 15 is 0 Å². The number of aromatic nitrogens is 3. The molecular weight excluding hydrogens is 318 g/mol. The molecule has 2 aromatic heterocycles. The summed E-state index contributed by atoms with van der Waals surface area (Å²) in [5.74, 6) is 0. The van der Waals surface area contributed by atoms with Gasteiger partial charge in [0.2, 0.25) is 0 Å². The second-order valence-electron chi connectivity index (χ2n) is 6.58. The van der Waals surface area contributed by atoms with Crippen LogP contribution in [0, 0.1) is 6.92 Å². The predicted molar refractivity (Wildman–Crippen MR) is 106 cm³/mol. The fourth-order valence-electron chi connectivity index (χ4n) is 3.96. The maximum absolute atomic E-state index is 4.60. The molecule has 0 fully saturated rings. The van der Waals surface area contributed by atoms with Crippen molar-refractivity contribution in [3.8, 4) is 0 Å². The van der Waals surface area contributed by atoms with E-state index in [0.29, 0.717) is 0 Å². The Morgan fingerprint density at radius 3 is 2.62 bits per heavy atom. The normalized spacial score (nSPS) is 16.9. The van der Waals surface area contributed by atoms with Gasteiger partial charge >= 0.3 is 5.65 Å². The molecular formula is C23H22N3+. The molecule has 0 saturated heterocycles. The zero-order valence-electron chi connectivity index (χ0n) is 15.4. The van der Waals surface area contributed by atoms with E-state index in [4.69, 9.17) is 0 Å². The molecule has 0 saturated carbocycles. The van der Waals surface area contributed by atoms with Crippen molar-refractivity contribution in [1.29, 1.82) is 0 Å². The third kappa shape index (κ3) is 2.31. The van der Waals surface area contributed by atoms with Crippen LogP contribution in [0.25, 0.3) is 22.3 Å². The maximum atomic E-state index is 4.60. The smallest absolute Gasteiger partial charge is 0.244 e. The summed E-state index contributed by atoms with van der Waals surface area (Å²) in [6.45, 7) is 10.6. The average molecular weight is 340 g/mol. The molecule has 0 radical (unpaired) electrons. The highest BCUT2D eigenvalue weighted by molar-refractivity contribution is 6.07. The summed E-state index contributed by atoms with van der Waals surface area (Å²) in [5, 5.41) is 0. The first-order valence-electron chi connectivity index (χ1n) is 8.92. The molecule has 3 heteroatoms. The molecule has 0 N–H and O–H groups in total. The highest BCUT2D eigenvalue weighted by Gasteiger charge is 2.35. The van der Waals surface area contributed by atoms with E-state index in [1.54, 1.807) is 12.4 Å². The lowest BCUT2D eigenvalue weighted by Gasteiger charge is -2.12. The summed E-state index contributed by atoms with van der Waals surface area (Å²) in [7, 11) is 0. The van der Waals surface area contributed by atoms with Crippen LogP contribution in [0.5, 0.6) is 0 Å². The van der Waals surface area contributed by atoms with E-state index in [2.05, 4.69) is 84.4 Å². The van der Waals surface area contributed by atoms with E-state index in [1.807, 2.05) is 6.08 Å². The van der Waals surface area contributed by atoms with E-state index in [0.717, 1.165) is 16.9 Å². The molecule has 3 aromatic rings. The molecule has 1 aliphatic heterocycles. The molecule has 1 aromatic carbocycles. The van der Waals surface area contributed by atoms with E-state index < -0.39 is 0 Å². The number of benzene rings is 1. The van der Waals surface area contributed by atoms with Crippen LogP contribution in [0.1, 0.15) is 36.7 Å². The first-order chi connectivity index (χ1) is 12.7. The van der Waals surface area contributed by atoms with Crippen molar-refractivity contribution in [3.05, 3.63) is 89.9 Å². The Morgan fingerprint density at radius 1 is 1.12 bits per heavy atom. The van der Waals surface area contributed by atoms with Crippen LogP contribution < -0.4 is 4.57 Å². The average Bonchev–Trinajstić information content (AvgIpc) is 2.96. The Bertz CT molecular complexity index is 1090. The van der Waals surface area contributed by atoms with Crippen molar-refractivity contribution in [2.45, 2.75) is 26.8 Å². The van der Waals surface area contributed by atoms with Crippen molar-refractivity contribution in [2.24, 2.45) is 0 Å². The van der Waals surface area contributed by atoms with Crippen molar-refractivity contribution in [1.82, 2.24) is 9.97 Å². The highest BCUT2D eigenvalue weighted by atomic mass is 15.1. The van der Waals surface area contributed by atoms with Gasteiger partial charge in [-0.25, -0.2) is 9.55 Å². The third-order valence-corrected chi connectivity index (χ3v) is 5.19. The van der Waals surface area contributed by atoms with E-state index in [1.165, 1.54) is 27.8 Å². The van der Waals surface area contributed by atoms with Crippen LogP contribution in [-0.2, 0) is 0 Å². The van der Waals surface area contributed by atoms with Crippen molar-refractivity contribution in [2.75, 3.05) is 0 Å². The van der Waals surface area contributed by atoms with Gasteiger partial charge in [0.25, 0.3) is 0 Å². The van der Waals surface area contributed by atoms with Crippen LogP contribution >= 0.6 is 0 Å². The summed E-state index contributed by atoms with van der Waals surface area (Å²) in [5.41, 5.74) is 9.19. The van der Waals surface area contributed by atoms with Crippen LogP contribution in [0.15, 0.2) is 73.1 Å². The summed E-state index contributed by atoms with van der Waals surface area (Å²) >= 11 is 0. The molecule has 0 spiro atoms. The Hall–Kier alpha value is -3.07. The minimum Gasteiger partial charge on any atom is -0.244 e. The molecule has 0 bridgehead atoms. The number of hydrogen-bond donors (Lipinski definition) is 0. The van der Waals surface area contributed by atoms with E-state index in [-0.39, 0.29) is 6.04 Å². The summed E-state index contributed by atoms with van der Waals surface area (Å²) in [6.07, 6.45) is 7.68. The molecule has 1 atom stereocenters. The lowest BCUT2D eigenvalue weighted by molar-refractivity contribution is -0.684. The van der Waals surface area contributed by atoms with Crippen molar-refractivity contribution in [3.63, 3.8) is 0 Å². The number of allylic oxidation sites excluding steroid dienone is 5. The van der Waals surface area contributed by atoms with E-state index in [9.17, 15) is 0 Å². The second-order valence-corrected chi connectivity index (χ2v) is 6.58. The minimum absolute atomic E-state index is 0.164. The highest BCUT2D eigenvalue weighted by Crippen LogP contribution is 2.41. The SMILES string of the molecule is C=CC1=C(C(=CC)c2ccccc2C)c2ccc3nccnc3[n+]2C1C. The molecule has 3 heterocycles. The van der Waals surface area contributed by atoms with Gasteiger partial charge in [-0.15, -0.1) is 0 Å². The first-order valence-corrected chi connectivity index (χ1v) is 8.92. The number of nitrogens with zero attached hydrogens (tertiary/aromatic N) is 3. The molecule has 26 heavy (non-hydrogen) atoms. The maximum Gasteiger partial charge on any atom is 0.349 e. The standard InChI is InChI=1S/C23H22N3/c1-5-17-16(4)26-21(12-11-20-23(26)25-14-13-24-20)22(17)18(6-2)19-10-8-7-9-15(19)3/h5-14,16H,1H2,2-4H3/q+1. The molecule has 0 aliphatic carbocycles. The van der Waals surface area contributed by atoms with Gasteiger partial charge in [-0.1, -0.05) is 43.0 Å². The monoisotopic (exact) mass is 340 g/mol. The molecule has 1 unspecified atom stereocenters. The Kier molecular flexibility index (Phi) is 4.00. The van der Waals surface area contributed by atoms with Gasteiger partial charge in [0.15, 0.2) is 11.7 Å². The zero-order valence-corrected chi connectivity index (χ0v) is 15.4. The van der Waals surface area contributed by atoms with Crippen LogP contribution in [0.2, 0.25) is 0 Å². The van der Waals surface area contributed by atoms with Gasteiger partial charge in [0.05, 0.1) is 6.20 Å². The lowest BCUT2D eigenvalue weighted by atomic mass is 9.89. The molecule has 0 amide bonds. The topological polar surface area (TPSA) is 29.7 Å². The largest absolute Gasteiger partial charge is 0.349 e. The minimum atomic E-state index is 0.164. The summed E-state index contributed by atoms with van der Waals surface area (Å²) < 4.78 is 2.27. The Morgan fingerprint density at radius 2 is 1.88 bits per heavy atom. The first kappa shape index (κ1) is 16.4. The molecule has 3 nitrogen and oxygen atoms in total. The van der Waals surface area contributed by atoms with Gasteiger partial charge in [-0.05, 0) is 54.6 Å². The number of pyridine rings is 1. The zero-order chi connectivity index (χ0) is 18.3. The van der Waals surface area contributed by atoms with Gasteiger partial charge in [-0.2, -0.15) is 0 Å². The lowest BCUT2D eigenvalue weighted by Crippen LogP contribution is -2.39. The van der Waals surface area contributed by atoms with Gasteiger partial charge in [0, 0.05) is 11.1 Å². The van der Waals surface area contributed by atoms with Crippen LogP contribution in [-0.4, -0.2) is 9.97 Å². The molecule has 1 aliphatic rings. The van der Waals surface area contributed by atoms with Gasteiger partial charge in [0.1, 0.15) is 11.7 Å². The summed E-state index contributed by atoms with van der Waals surface area (Å²) in [4.78, 5) is 9.07. The number of rotatable bonds is 3. The van der Waals surface area contributed by atoms with Gasteiger partial charge in [-0.3, -0.25) is 0 Å². The van der Waals surface area contributed by atoms with Crippen molar-refractivity contribution < 1.29 is 4.57 Å². The Balaban J connectivity index is 2.02. The number of hydrogen-bond acceptors (Lipinski definition) is 2. The second kappa shape index (κ2) is 6.34.